The first-order valence-electron chi connectivity index (χ1n) is 8.10. The maximum Gasteiger partial charge on any atom is 0.279 e. The van der Waals surface area contributed by atoms with Gasteiger partial charge in [0.15, 0.2) is 0 Å². The largest absolute Gasteiger partial charge is 0.377 e. The highest BCUT2D eigenvalue weighted by Crippen LogP contribution is 2.19. The van der Waals surface area contributed by atoms with Crippen LogP contribution in [0.1, 0.15) is 46.5 Å². The van der Waals surface area contributed by atoms with Crippen LogP contribution in [0, 0.1) is 0 Å². The Morgan fingerprint density at radius 1 is 1.33 bits per heavy atom. The first-order valence-corrected chi connectivity index (χ1v) is 9.54. The van der Waals surface area contributed by atoms with Crippen molar-refractivity contribution in [2.45, 2.75) is 58.6 Å². The van der Waals surface area contributed by atoms with Crippen LogP contribution in [-0.4, -0.2) is 57.7 Å². The average Bonchev–Trinajstić information content (AvgIpc) is 2.46. The molecule has 1 fully saturated rings. The van der Waals surface area contributed by atoms with Gasteiger partial charge in [-0.1, -0.05) is 13.3 Å². The number of nitrogens with one attached hydrogen (secondary N) is 2. The van der Waals surface area contributed by atoms with Crippen LogP contribution in [-0.2, 0) is 14.9 Å². The molecule has 0 aromatic rings. The molecule has 7 heteroatoms. The van der Waals surface area contributed by atoms with Gasteiger partial charge in [-0.3, -0.25) is 0 Å². The molecular weight excluding hydrogens is 290 g/mol. The Morgan fingerprint density at radius 2 is 2.10 bits per heavy atom. The van der Waals surface area contributed by atoms with Gasteiger partial charge < -0.3 is 10.1 Å². The highest BCUT2D eigenvalue weighted by Gasteiger charge is 2.31. The lowest BCUT2D eigenvalue weighted by Crippen LogP contribution is -2.53. The van der Waals surface area contributed by atoms with Gasteiger partial charge in [-0.15, -0.1) is 0 Å². The molecule has 0 aromatic carbocycles. The highest BCUT2D eigenvalue weighted by atomic mass is 32.2. The van der Waals surface area contributed by atoms with Crippen LogP contribution < -0.4 is 10.0 Å². The van der Waals surface area contributed by atoms with Gasteiger partial charge in [0.25, 0.3) is 10.2 Å². The van der Waals surface area contributed by atoms with Crippen molar-refractivity contribution in [3.63, 3.8) is 0 Å². The smallest absolute Gasteiger partial charge is 0.279 e. The second kappa shape index (κ2) is 9.74. The fourth-order valence-corrected chi connectivity index (χ4v) is 4.14. The Labute approximate surface area is 129 Å². The molecule has 1 heterocycles. The zero-order chi connectivity index (χ0) is 15.7. The van der Waals surface area contributed by atoms with Crippen LogP contribution in [0.15, 0.2) is 0 Å². The summed E-state index contributed by atoms with van der Waals surface area (Å²) in [6.45, 7) is 9.08. The molecule has 0 radical (unpaired) electrons. The molecule has 1 saturated heterocycles. The van der Waals surface area contributed by atoms with Crippen LogP contribution in [0.4, 0.5) is 0 Å². The quantitative estimate of drug-likeness (QED) is 0.591. The molecule has 21 heavy (non-hydrogen) atoms. The van der Waals surface area contributed by atoms with Crippen LogP contribution in [0.3, 0.4) is 0 Å². The van der Waals surface area contributed by atoms with Crippen molar-refractivity contribution in [2.75, 3.05) is 32.8 Å². The van der Waals surface area contributed by atoms with Gasteiger partial charge in [0.05, 0.1) is 6.10 Å². The summed E-state index contributed by atoms with van der Waals surface area (Å²) in [7, 11) is -3.42. The summed E-state index contributed by atoms with van der Waals surface area (Å²) in [4.78, 5) is 0. The molecule has 0 aliphatic carbocycles. The normalized spacial score (nSPS) is 22.3. The second-order valence-electron chi connectivity index (χ2n) is 5.58. The molecule has 0 amide bonds. The van der Waals surface area contributed by atoms with Crippen molar-refractivity contribution in [3.05, 3.63) is 0 Å². The minimum absolute atomic E-state index is 0.0604. The molecule has 2 unspecified atom stereocenters. The lowest BCUT2D eigenvalue weighted by molar-refractivity contribution is 0.0794. The molecule has 2 N–H and O–H groups in total. The summed E-state index contributed by atoms with van der Waals surface area (Å²) in [6.07, 6.45) is 3.92. The molecule has 2 atom stereocenters. The van der Waals surface area contributed by atoms with Crippen molar-refractivity contribution < 1.29 is 13.2 Å². The number of hydrogen-bond donors (Lipinski definition) is 2. The summed E-state index contributed by atoms with van der Waals surface area (Å²) < 4.78 is 34.6. The number of rotatable bonds is 10. The molecule has 1 rings (SSSR count). The van der Waals surface area contributed by atoms with Crippen molar-refractivity contribution in [3.8, 4) is 0 Å². The maximum atomic E-state index is 12.5. The number of hydrogen-bond acceptors (Lipinski definition) is 4. The summed E-state index contributed by atoms with van der Waals surface area (Å²) in [5.41, 5.74) is 0. The number of piperidine rings is 1. The van der Waals surface area contributed by atoms with E-state index in [9.17, 15) is 8.42 Å². The molecule has 6 nitrogen and oxygen atoms in total. The third-order valence-electron chi connectivity index (χ3n) is 3.69. The third-order valence-corrected chi connectivity index (χ3v) is 5.32. The van der Waals surface area contributed by atoms with E-state index in [0.29, 0.717) is 19.7 Å². The molecule has 0 spiro atoms. The van der Waals surface area contributed by atoms with Crippen molar-refractivity contribution in [1.82, 2.24) is 14.3 Å². The van der Waals surface area contributed by atoms with Crippen molar-refractivity contribution in [1.29, 1.82) is 0 Å². The van der Waals surface area contributed by atoms with E-state index in [0.717, 1.165) is 38.8 Å². The molecule has 1 aliphatic heterocycles. The lowest BCUT2D eigenvalue weighted by Gasteiger charge is -2.35. The Bertz CT molecular complexity index is 376. The molecule has 0 aromatic heterocycles. The van der Waals surface area contributed by atoms with Crippen LogP contribution in [0.2, 0.25) is 0 Å². The molecule has 0 bridgehead atoms. The number of ether oxygens (including phenoxy) is 1. The fourth-order valence-electron chi connectivity index (χ4n) is 2.59. The van der Waals surface area contributed by atoms with Gasteiger partial charge >= 0.3 is 0 Å². The average molecular weight is 321 g/mol. The van der Waals surface area contributed by atoms with Gasteiger partial charge in [-0.2, -0.15) is 17.4 Å². The van der Waals surface area contributed by atoms with E-state index < -0.39 is 10.2 Å². The first-order chi connectivity index (χ1) is 10.0. The molecular formula is C14H31N3O3S. The Morgan fingerprint density at radius 3 is 2.76 bits per heavy atom. The van der Waals surface area contributed by atoms with Gasteiger partial charge in [-0.05, 0) is 39.7 Å². The minimum atomic E-state index is -3.42. The van der Waals surface area contributed by atoms with Gasteiger partial charge in [0.2, 0.25) is 0 Å². The predicted molar refractivity (Wildman–Crippen MR) is 85.5 cm³/mol. The van der Waals surface area contributed by atoms with E-state index in [2.05, 4.69) is 17.0 Å². The Kier molecular flexibility index (Phi) is 8.73. The standard InChI is InChI=1S/C14H31N3O3S/c1-4-9-15-12-14-8-6-7-10-17(14)21(18,19)16-11-13(3)20-5-2/h13-16H,4-12H2,1-3H3. The molecule has 0 saturated carbocycles. The van der Waals surface area contributed by atoms with E-state index >= 15 is 0 Å². The topological polar surface area (TPSA) is 70.7 Å². The lowest BCUT2D eigenvalue weighted by atomic mass is 10.1. The fraction of sp³-hybridized carbons (Fsp3) is 1.00. The van der Waals surface area contributed by atoms with Crippen LogP contribution in [0.5, 0.6) is 0 Å². The summed E-state index contributed by atoms with van der Waals surface area (Å²) in [5, 5.41) is 3.33. The Hall–Kier alpha value is -0.210. The first kappa shape index (κ1) is 18.8. The van der Waals surface area contributed by atoms with Crippen molar-refractivity contribution >= 4 is 10.2 Å². The van der Waals surface area contributed by atoms with Gasteiger partial charge in [0.1, 0.15) is 0 Å². The van der Waals surface area contributed by atoms with E-state index in [1.165, 1.54) is 0 Å². The van der Waals surface area contributed by atoms with Crippen LogP contribution >= 0.6 is 0 Å². The van der Waals surface area contributed by atoms with Gasteiger partial charge in [-0.25, -0.2) is 0 Å². The zero-order valence-corrected chi connectivity index (χ0v) is 14.4. The highest BCUT2D eigenvalue weighted by molar-refractivity contribution is 7.87. The van der Waals surface area contributed by atoms with E-state index in [1.807, 2.05) is 13.8 Å². The van der Waals surface area contributed by atoms with E-state index in [-0.39, 0.29) is 12.1 Å². The Balaban J connectivity index is 2.55. The summed E-state index contributed by atoms with van der Waals surface area (Å²) >= 11 is 0. The van der Waals surface area contributed by atoms with Crippen LogP contribution in [0.25, 0.3) is 0 Å². The SMILES string of the molecule is CCCNCC1CCCCN1S(=O)(=O)NCC(C)OCC. The molecule has 126 valence electrons. The molecule has 1 aliphatic rings. The van der Waals surface area contributed by atoms with E-state index in [1.54, 1.807) is 4.31 Å². The van der Waals surface area contributed by atoms with Crippen molar-refractivity contribution in [2.24, 2.45) is 0 Å². The summed E-state index contributed by atoms with van der Waals surface area (Å²) in [5.74, 6) is 0. The summed E-state index contributed by atoms with van der Waals surface area (Å²) in [6, 6.07) is 0.0604. The minimum Gasteiger partial charge on any atom is -0.377 e. The second-order valence-corrected chi connectivity index (χ2v) is 7.29. The van der Waals surface area contributed by atoms with E-state index in [4.69, 9.17) is 4.74 Å². The maximum absolute atomic E-state index is 12.5. The monoisotopic (exact) mass is 321 g/mol. The predicted octanol–water partition coefficient (Wildman–Crippen LogP) is 1.10. The third kappa shape index (κ3) is 6.61. The zero-order valence-electron chi connectivity index (χ0n) is 13.6. The number of nitrogens with zero attached hydrogens (tertiary/aromatic N) is 1. The van der Waals surface area contributed by atoms with Gasteiger partial charge in [0, 0.05) is 32.3 Å².